The number of halogens is 1. The topological polar surface area (TPSA) is 63.7 Å². The highest BCUT2D eigenvalue weighted by Gasteiger charge is 2.25. The van der Waals surface area contributed by atoms with Crippen molar-refractivity contribution in [1.82, 2.24) is 9.88 Å². The molecular weight excluding hydrogens is 288 g/mol. The van der Waals surface area contributed by atoms with E-state index in [2.05, 4.69) is 14.9 Å². The lowest BCUT2D eigenvalue weighted by Crippen LogP contribution is -2.15. The van der Waals surface area contributed by atoms with Crippen LogP contribution >= 0.6 is 11.6 Å². The van der Waals surface area contributed by atoms with Gasteiger partial charge in [-0.3, -0.25) is 4.99 Å². The van der Waals surface area contributed by atoms with Gasteiger partial charge in [-0.15, -0.1) is 0 Å². The van der Waals surface area contributed by atoms with Crippen LogP contribution in [0.2, 0.25) is 5.15 Å². The molecule has 1 aliphatic carbocycles. The van der Waals surface area contributed by atoms with E-state index in [9.17, 15) is 0 Å². The van der Waals surface area contributed by atoms with Crippen LogP contribution in [0.15, 0.2) is 23.5 Å². The van der Waals surface area contributed by atoms with Gasteiger partial charge < -0.3 is 15.4 Å². The van der Waals surface area contributed by atoms with E-state index in [1.54, 1.807) is 18.5 Å². The van der Waals surface area contributed by atoms with Crippen molar-refractivity contribution in [2.75, 3.05) is 27.2 Å². The minimum atomic E-state index is 0.284. The van der Waals surface area contributed by atoms with Crippen LogP contribution in [-0.2, 0) is 0 Å². The van der Waals surface area contributed by atoms with Gasteiger partial charge in [-0.2, -0.15) is 0 Å². The van der Waals surface area contributed by atoms with Crippen LogP contribution < -0.4 is 10.5 Å². The Morgan fingerprint density at radius 2 is 2.33 bits per heavy atom. The van der Waals surface area contributed by atoms with Crippen LogP contribution in [0.4, 0.5) is 0 Å². The Hall–Kier alpha value is -1.59. The number of nitrogens with two attached hydrogens (primary N) is 1. The minimum absolute atomic E-state index is 0.284. The second kappa shape index (κ2) is 7.43. The molecule has 21 heavy (non-hydrogen) atoms. The Morgan fingerprint density at radius 3 is 2.95 bits per heavy atom. The second-order valence-corrected chi connectivity index (χ2v) is 5.67. The van der Waals surface area contributed by atoms with Crippen molar-refractivity contribution in [3.8, 4) is 5.75 Å². The van der Waals surface area contributed by atoms with Crippen molar-refractivity contribution in [2.45, 2.75) is 18.9 Å². The van der Waals surface area contributed by atoms with Gasteiger partial charge >= 0.3 is 0 Å². The molecule has 0 saturated heterocycles. The van der Waals surface area contributed by atoms with Gasteiger partial charge in [0.05, 0.1) is 12.6 Å². The zero-order valence-electron chi connectivity index (χ0n) is 12.4. The smallest absolute Gasteiger partial charge is 0.132 e. The SMILES string of the molecule is CN(C)CCN=C/C(=C\N)c1cnc(Cl)cc1OC1CC1. The Morgan fingerprint density at radius 1 is 1.57 bits per heavy atom. The summed E-state index contributed by atoms with van der Waals surface area (Å²) in [4.78, 5) is 10.6. The van der Waals surface area contributed by atoms with Crippen LogP contribution in [0.1, 0.15) is 18.4 Å². The number of nitrogens with zero attached hydrogens (tertiary/aromatic N) is 3. The summed E-state index contributed by atoms with van der Waals surface area (Å²) in [6.45, 7) is 1.60. The molecule has 0 spiro atoms. The van der Waals surface area contributed by atoms with Crippen LogP contribution in [-0.4, -0.2) is 49.4 Å². The molecule has 2 rings (SSSR count). The van der Waals surface area contributed by atoms with E-state index in [4.69, 9.17) is 22.1 Å². The van der Waals surface area contributed by atoms with E-state index in [1.165, 1.54) is 6.20 Å². The predicted molar refractivity (Wildman–Crippen MR) is 87.0 cm³/mol. The minimum Gasteiger partial charge on any atom is -0.490 e. The summed E-state index contributed by atoms with van der Waals surface area (Å²) in [5.74, 6) is 0.716. The summed E-state index contributed by atoms with van der Waals surface area (Å²) in [6, 6.07) is 1.73. The molecule has 0 aliphatic heterocycles. The van der Waals surface area contributed by atoms with E-state index in [1.807, 2.05) is 14.1 Å². The fraction of sp³-hybridized carbons (Fsp3) is 0.467. The molecule has 1 fully saturated rings. The molecule has 0 amide bonds. The molecule has 114 valence electrons. The molecule has 6 heteroatoms. The first-order valence-electron chi connectivity index (χ1n) is 6.99. The lowest BCUT2D eigenvalue weighted by atomic mass is 10.1. The van der Waals surface area contributed by atoms with Crippen LogP contribution in [0.3, 0.4) is 0 Å². The van der Waals surface area contributed by atoms with Gasteiger partial charge in [0, 0.05) is 42.4 Å². The lowest BCUT2D eigenvalue weighted by molar-refractivity contribution is 0.302. The fourth-order valence-electron chi connectivity index (χ4n) is 1.72. The zero-order valence-corrected chi connectivity index (χ0v) is 13.2. The molecule has 1 aliphatic rings. The van der Waals surface area contributed by atoms with Gasteiger partial charge in [0.25, 0.3) is 0 Å². The third-order valence-corrected chi connectivity index (χ3v) is 3.25. The van der Waals surface area contributed by atoms with Gasteiger partial charge in [-0.05, 0) is 26.9 Å². The van der Waals surface area contributed by atoms with Crippen molar-refractivity contribution < 1.29 is 4.74 Å². The molecule has 0 aromatic carbocycles. The number of aromatic nitrogens is 1. The van der Waals surface area contributed by atoms with Gasteiger partial charge in [0.15, 0.2) is 0 Å². The summed E-state index contributed by atoms with van der Waals surface area (Å²) in [7, 11) is 4.03. The Kier molecular flexibility index (Phi) is 5.59. The Balaban J connectivity index is 2.13. The maximum atomic E-state index is 5.95. The monoisotopic (exact) mass is 308 g/mol. The average molecular weight is 309 g/mol. The number of pyridine rings is 1. The Bertz CT molecular complexity index is 538. The number of allylic oxidation sites excluding steroid dienone is 1. The summed E-state index contributed by atoms with van der Waals surface area (Å²) in [5, 5.41) is 0.412. The molecule has 0 unspecified atom stereocenters. The first-order chi connectivity index (χ1) is 10.1. The first kappa shape index (κ1) is 15.8. The van der Waals surface area contributed by atoms with E-state index >= 15 is 0 Å². The van der Waals surface area contributed by atoms with Gasteiger partial charge in [-0.1, -0.05) is 11.6 Å². The number of hydrogen-bond acceptors (Lipinski definition) is 5. The normalized spacial score (nSPS) is 15.9. The van der Waals surface area contributed by atoms with E-state index in [-0.39, 0.29) is 6.10 Å². The summed E-state index contributed by atoms with van der Waals surface area (Å²) in [5.41, 5.74) is 7.33. The van der Waals surface area contributed by atoms with Crippen molar-refractivity contribution in [1.29, 1.82) is 0 Å². The van der Waals surface area contributed by atoms with Crippen molar-refractivity contribution in [3.05, 3.63) is 29.2 Å². The van der Waals surface area contributed by atoms with Gasteiger partial charge in [-0.25, -0.2) is 4.98 Å². The number of hydrogen-bond donors (Lipinski definition) is 1. The number of rotatable bonds is 7. The van der Waals surface area contributed by atoms with Crippen LogP contribution in [0.25, 0.3) is 5.57 Å². The van der Waals surface area contributed by atoms with Gasteiger partial charge in [0.1, 0.15) is 10.9 Å². The highest BCUT2D eigenvalue weighted by Crippen LogP contribution is 2.32. The van der Waals surface area contributed by atoms with E-state index in [0.29, 0.717) is 17.4 Å². The molecule has 1 aromatic heterocycles. The standard InChI is InChI=1S/C15H21ClN4O/c1-20(2)6-5-18-9-11(8-17)13-10-19-15(16)7-14(13)21-12-3-4-12/h7-10,12H,3-6,17H2,1-2H3/b11-8+,18-9?. The second-order valence-electron chi connectivity index (χ2n) is 5.28. The van der Waals surface area contributed by atoms with Crippen molar-refractivity contribution in [2.24, 2.45) is 10.7 Å². The molecule has 0 atom stereocenters. The van der Waals surface area contributed by atoms with Crippen LogP contribution in [0.5, 0.6) is 5.75 Å². The van der Waals surface area contributed by atoms with E-state index in [0.717, 1.165) is 30.5 Å². The lowest BCUT2D eigenvalue weighted by Gasteiger charge is -2.11. The number of aliphatic imine (C=N–C) groups is 1. The molecule has 1 saturated carbocycles. The molecular formula is C15H21ClN4O. The first-order valence-corrected chi connectivity index (χ1v) is 7.37. The number of ether oxygens (including phenoxy) is 1. The zero-order chi connectivity index (χ0) is 15.2. The quantitative estimate of drug-likeness (QED) is 0.619. The summed E-state index contributed by atoms with van der Waals surface area (Å²) in [6.07, 6.45) is 7.40. The van der Waals surface area contributed by atoms with Gasteiger partial charge in [0.2, 0.25) is 0 Å². The summed E-state index contributed by atoms with van der Waals surface area (Å²) >= 11 is 5.95. The van der Waals surface area contributed by atoms with E-state index < -0.39 is 0 Å². The fourth-order valence-corrected chi connectivity index (χ4v) is 1.86. The van der Waals surface area contributed by atoms with Crippen molar-refractivity contribution in [3.63, 3.8) is 0 Å². The third-order valence-electron chi connectivity index (χ3n) is 3.05. The molecule has 5 nitrogen and oxygen atoms in total. The summed E-state index contributed by atoms with van der Waals surface area (Å²) < 4.78 is 5.87. The predicted octanol–water partition coefficient (Wildman–Crippen LogP) is 2.21. The van der Waals surface area contributed by atoms with Crippen LogP contribution in [0, 0.1) is 0 Å². The molecule has 2 N–H and O–H groups in total. The largest absolute Gasteiger partial charge is 0.490 e. The average Bonchev–Trinajstić information content (AvgIpc) is 3.24. The molecule has 0 radical (unpaired) electrons. The Labute approximate surface area is 130 Å². The highest BCUT2D eigenvalue weighted by molar-refractivity contribution is 6.29. The third kappa shape index (κ3) is 5.02. The maximum absolute atomic E-state index is 5.95. The van der Waals surface area contributed by atoms with Crippen molar-refractivity contribution >= 4 is 23.4 Å². The molecule has 0 bridgehead atoms. The maximum Gasteiger partial charge on any atom is 0.132 e. The number of likely N-dealkylation sites (N-methyl/N-ethyl adjacent to an activating group) is 1. The molecule has 1 heterocycles. The highest BCUT2D eigenvalue weighted by atomic mass is 35.5. The molecule has 1 aromatic rings.